The number of aliphatic hydroxyl groups excluding tert-OH is 1. The minimum atomic E-state index is -0.0805. The third kappa shape index (κ3) is 2.78. The van der Waals surface area contributed by atoms with Gasteiger partial charge in [-0.3, -0.25) is 4.98 Å². The van der Waals surface area contributed by atoms with Gasteiger partial charge >= 0.3 is 0 Å². The van der Waals surface area contributed by atoms with Gasteiger partial charge in [0.15, 0.2) is 11.5 Å². The Hall–Kier alpha value is -2.07. The van der Waals surface area contributed by atoms with E-state index in [2.05, 4.69) is 4.98 Å². The second-order valence-corrected chi connectivity index (χ2v) is 3.75. The Kier molecular flexibility index (Phi) is 4.15. The van der Waals surface area contributed by atoms with Gasteiger partial charge in [-0.1, -0.05) is 12.1 Å². The van der Waals surface area contributed by atoms with Crippen molar-refractivity contribution in [2.24, 2.45) is 0 Å². The Labute approximate surface area is 106 Å². The third-order valence-corrected chi connectivity index (χ3v) is 2.58. The molecule has 1 aromatic heterocycles. The molecular weight excluding hydrogens is 230 g/mol. The summed E-state index contributed by atoms with van der Waals surface area (Å²) < 4.78 is 11.0. The number of nitrogens with zero attached hydrogens (tertiary/aromatic N) is 1. The summed E-state index contributed by atoms with van der Waals surface area (Å²) in [5.74, 6) is 1.20. The maximum Gasteiger partial charge on any atom is 0.167 e. The molecule has 0 aliphatic rings. The van der Waals surface area contributed by atoms with Gasteiger partial charge in [0.05, 0.1) is 13.7 Å². The van der Waals surface area contributed by atoms with Crippen LogP contribution < -0.4 is 9.47 Å². The van der Waals surface area contributed by atoms with Gasteiger partial charge in [-0.25, -0.2) is 0 Å². The van der Waals surface area contributed by atoms with E-state index in [4.69, 9.17) is 9.47 Å². The van der Waals surface area contributed by atoms with E-state index >= 15 is 0 Å². The summed E-state index contributed by atoms with van der Waals surface area (Å²) in [5.41, 5.74) is 1.73. The predicted octanol–water partition coefficient (Wildman–Crippen LogP) is 2.16. The van der Waals surface area contributed by atoms with Gasteiger partial charge in [0, 0.05) is 18.0 Å². The molecule has 4 nitrogen and oxygen atoms in total. The van der Waals surface area contributed by atoms with Gasteiger partial charge in [0.2, 0.25) is 0 Å². The first-order chi connectivity index (χ1) is 8.85. The summed E-state index contributed by atoms with van der Waals surface area (Å²) >= 11 is 0. The standard InChI is InChI=1S/C14H15NO3/c1-17-13-4-2-3-12(9-16)14(13)18-10-11-5-7-15-8-6-11/h2-8,16H,9-10H2,1H3. The second kappa shape index (κ2) is 6.02. The van der Waals surface area contributed by atoms with Gasteiger partial charge in [0.1, 0.15) is 6.61 Å². The largest absolute Gasteiger partial charge is 0.493 e. The van der Waals surface area contributed by atoms with E-state index in [9.17, 15) is 5.11 Å². The van der Waals surface area contributed by atoms with Gasteiger partial charge in [-0.05, 0) is 23.8 Å². The lowest BCUT2D eigenvalue weighted by atomic mass is 10.2. The van der Waals surface area contributed by atoms with E-state index in [0.717, 1.165) is 5.56 Å². The molecule has 4 heteroatoms. The minimum absolute atomic E-state index is 0.0805. The van der Waals surface area contributed by atoms with Crippen LogP contribution in [0.25, 0.3) is 0 Å². The molecule has 0 saturated heterocycles. The van der Waals surface area contributed by atoms with Crippen molar-refractivity contribution in [3.8, 4) is 11.5 Å². The second-order valence-electron chi connectivity index (χ2n) is 3.75. The fourth-order valence-electron chi connectivity index (χ4n) is 1.64. The molecule has 2 rings (SSSR count). The van der Waals surface area contributed by atoms with Crippen LogP contribution in [0.2, 0.25) is 0 Å². The third-order valence-electron chi connectivity index (χ3n) is 2.58. The Morgan fingerprint density at radius 3 is 2.61 bits per heavy atom. The molecule has 18 heavy (non-hydrogen) atoms. The van der Waals surface area contributed by atoms with Crippen molar-refractivity contribution in [3.05, 3.63) is 53.9 Å². The van der Waals surface area contributed by atoms with E-state index in [0.29, 0.717) is 23.7 Å². The summed E-state index contributed by atoms with van der Waals surface area (Å²) in [4.78, 5) is 3.95. The number of hydrogen-bond acceptors (Lipinski definition) is 4. The van der Waals surface area contributed by atoms with Crippen molar-refractivity contribution in [2.75, 3.05) is 7.11 Å². The first kappa shape index (κ1) is 12.4. The fraction of sp³-hybridized carbons (Fsp3) is 0.214. The van der Waals surface area contributed by atoms with Crippen molar-refractivity contribution in [1.29, 1.82) is 0 Å². The molecule has 0 amide bonds. The van der Waals surface area contributed by atoms with E-state index in [1.54, 1.807) is 25.6 Å². The average molecular weight is 245 g/mol. The molecule has 2 aromatic rings. The van der Waals surface area contributed by atoms with Crippen molar-refractivity contribution in [1.82, 2.24) is 4.98 Å². The highest BCUT2D eigenvalue weighted by atomic mass is 16.5. The molecule has 0 unspecified atom stereocenters. The Morgan fingerprint density at radius 1 is 1.17 bits per heavy atom. The van der Waals surface area contributed by atoms with Crippen LogP contribution in [-0.2, 0) is 13.2 Å². The van der Waals surface area contributed by atoms with Crippen LogP contribution in [0.4, 0.5) is 0 Å². The zero-order valence-electron chi connectivity index (χ0n) is 10.2. The molecular formula is C14H15NO3. The molecule has 0 aliphatic carbocycles. The van der Waals surface area contributed by atoms with Crippen molar-refractivity contribution < 1.29 is 14.6 Å². The van der Waals surface area contributed by atoms with E-state index in [-0.39, 0.29) is 6.61 Å². The number of benzene rings is 1. The van der Waals surface area contributed by atoms with Crippen LogP contribution in [0.15, 0.2) is 42.7 Å². The molecule has 94 valence electrons. The zero-order chi connectivity index (χ0) is 12.8. The number of aromatic nitrogens is 1. The van der Waals surface area contributed by atoms with Crippen molar-refractivity contribution in [2.45, 2.75) is 13.2 Å². The minimum Gasteiger partial charge on any atom is -0.493 e. The van der Waals surface area contributed by atoms with Gasteiger partial charge in [-0.15, -0.1) is 0 Å². The number of rotatable bonds is 5. The molecule has 0 aliphatic heterocycles. The highest BCUT2D eigenvalue weighted by Gasteiger charge is 2.09. The normalized spacial score (nSPS) is 10.1. The average Bonchev–Trinajstić information content (AvgIpc) is 2.45. The quantitative estimate of drug-likeness (QED) is 0.877. The van der Waals surface area contributed by atoms with Gasteiger partial charge < -0.3 is 14.6 Å². The molecule has 0 saturated carbocycles. The number of para-hydroxylation sites is 1. The first-order valence-electron chi connectivity index (χ1n) is 5.63. The van der Waals surface area contributed by atoms with Gasteiger partial charge in [0.25, 0.3) is 0 Å². The lowest BCUT2D eigenvalue weighted by Gasteiger charge is -2.13. The Morgan fingerprint density at radius 2 is 1.94 bits per heavy atom. The Balaban J connectivity index is 2.17. The number of ether oxygens (including phenoxy) is 2. The highest BCUT2D eigenvalue weighted by molar-refractivity contribution is 5.46. The van der Waals surface area contributed by atoms with E-state index in [1.165, 1.54) is 0 Å². The molecule has 0 fully saturated rings. The molecule has 0 spiro atoms. The van der Waals surface area contributed by atoms with E-state index < -0.39 is 0 Å². The SMILES string of the molecule is COc1cccc(CO)c1OCc1ccncc1. The molecule has 1 N–H and O–H groups in total. The predicted molar refractivity (Wildman–Crippen MR) is 67.5 cm³/mol. The smallest absolute Gasteiger partial charge is 0.167 e. The van der Waals surface area contributed by atoms with Crippen LogP contribution in [0.5, 0.6) is 11.5 Å². The number of methoxy groups -OCH3 is 1. The summed E-state index contributed by atoms with van der Waals surface area (Å²) in [6, 6.07) is 9.21. The van der Waals surface area contributed by atoms with Crippen molar-refractivity contribution in [3.63, 3.8) is 0 Å². The van der Waals surface area contributed by atoms with Crippen molar-refractivity contribution >= 4 is 0 Å². The number of aliphatic hydroxyl groups is 1. The van der Waals surface area contributed by atoms with E-state index in [1.807, 2.05) is 24.3 Å². The maximum absolute atomic E-state index is 9.29. The monoisotopic (exact) mass is 245 g/mol. The van der Waals surface area contributed by atoms with Crippen LogP contribution in [0, 0.1) is 0 Å². The first-order valence-corrected chi connectivity index (χ1v) is 5.63. The maximum atomic E-state index is 9.29. The van der Waals surface area contributed by atoms with Crippen LogP contribution >= 0.6 is 0 Å². The highest BCUT2D eigenvalue weighted by Crippen LogP contribution is 2.31. The zero-order valence-corrected chi connectivity index (χ0v) is 10.2. The molecule has 0 bridgehead atoms. The fourth-order valence-corrected chi connectivity index (χ4v) is 1.64. The molecule has 1 heterocycles. The molecule has 0 radical (unpaired) electrons. The van der Waals surface area contributed by atoms with Crippen LogP contribution in [0.3, 0.4) is 0 Å². The summed E-state index contributed by atoms with van der Waals surface area (Å²) in [7, 11) is 1.58. The van der Waals surface area contributed by atoms with Crippen LogP contribution in [0.1, 0.15) is 11.1 Å². The number of hydrogen-bond donors (Lipinski definition) is 1. The summed E-state index contributed by atoms with van der Waals surface area (Å²) in [6.07, 6.45) is 3.43. The lowest BCUT2D eigenvalue weighted by Crippen LogP contribution is -2.01. The molecule has 0 atom stereocenters. The molecule has 1 aromatic carbocycles. The lowest BCUT2D eigenvalue weighted by molar-refractivity contribution is 0.250. The topological polar surface area (TPSA) is 51.6 Å². The Bertz CT molecular complexity index is 477. The van der Waals surface area contributed by atoms with Crippen LogP contribution in [-0.4, -0.2) is 17.2 Å². The van der Waals surface area contributed by atoms with Gasteiger partial charge in [-0.2, -0.15) is 0 Å². The summed E-state index contributed by atoms with van der Waals surface area (Å²) in [5, 5.41) is 9.29. The summed E-state index contributed by atoms with van der Waals surface area (Å²) in [6.45, 7) is 0.332. The number of pyridine rings is 1.